The van der Waals surface area contributed by atoms with Crippen molar-refractivity contribution < 1.29 is 14.4 Å². The van der Waals surface area contributed by atoms with Gasteiger partial charge in [0.1, 0.15) is 0 Å². The molecule has 0 spiro atoms. The normalized spacial score (nSPS) is 13.1. The molecule has 0 atom stereocenters. The molecule has 1 aliphatic heterocycles. The number of hydrogen-bond acceptors (Lipinski definition) is 3. The molecule has 0 saturated heterocycles. The van der Waals surface area contributed by atoms with Crippen LogP contribution < -0.4 is 4.90 Å². The number of fused-ring (bicyclic) bond motifs is 1. The molecule has 0 radical (unpaired) electrons. The summed E-state index contributed by atoms with van der Waals surface area (Å²) in [6, 6.07) is 13.9. The van der Waals surface area contributed by atoms with Crippen molar-refractivity contribution in [2.24, 2.45) is 0 Å². The lowest BCUT2D eigenvalue weighted by Gasteiger charge is -2.22. The Morgan fingerprint density at radius 1 is 1.04 bits per heavy atom. The zero-order valence-electron chi connectivity index (χ0n) is 13.7. The predicted molar refractivity (Wildman–Crippen MR) is 95.9 cm³/mol. The summed E-state index contributed by atoms with van der Waals surface area (Å²) in [7, 11) is 0. The smallest absolute Gasteiger partial charge is 0.261 e. The standard InChI is InChI=1S/C19H17ClN2O3/c1-2-21(14-6-4-3-5-7-14)17(23)10-11-22-18(24)15-9-8-13(20)12-16(15)19(22)25/h3-9,12H,2,10-11H2,1H3. The molecule has 0 aromatic heterocycles. The van der Waals surface area contributed by atoms with E-state index in [9.17, 15) is 14.4 Å². The lowest BCUT2D eigenvalue weighted by atomic mass is 10.1. The first-order chi connectivity index (χ1) is 12.0. The first kappa shape index (κ1) is 17.2. The van der Waals surface area contributed by atoms with E-state index in [-0.39, 0.29) is 24.8 Å². The minimum atomic E-state index is -0.405. The van der Waals surface area contributed by atoms with Crippen LogP contribution in [0.2, 0.25) is 5.02 Å². The van der Waals surface area contributed by atoms with E-state index in [1.807, 2.05) is 37.3 Å². The molecule has 1 aliphatic rings. The molecule has 0 unspecified atom stereocenters. The molecule has 2 aromatic rings. The number of imide groups is 1. The van der Waals surface area contributed by atoms with Crippen molar-refractivity contribution in [3.05, 3.63) is 64.7 Å². The van der Waals surface area contributed by atoms with Gasteiger partial charge < -0.3 is 4.90 Å². The quantitative estimate of drug-likeness (QED) is 0.772. The topological polar surface area (TPSA) is 57.7 Å². The van der Waals surface area contributed by atoms with Gasteiger partial charge in [-0.05, 0) is 37.3 Å². The average Bonchev–Trinajstić information content (AvgIpc) is 2.85. The summed E-state index contributed by atoms with van der Waals surface area (Å²) in [6.45, 7) is 2.45. The molecule has 0 aliphatic carbocycles. The molecule has 0 N–H and O–H groups in total. The van der Waals surface area contributed by atoms with Gasteiger partial charge in [0.15, 0.2) is 0 Å². The number of carbonyl (C=O) groups is 3. The van der Waals surface area contributed by atoms with Crippen LogP contribution in [-0.4, -0.2) is 35.7 Å². The number of halogens is 1. The maximum atomic E-state index is 12.5. The van der Waals surface area contributed by atoms with E-state index in [0.717, 1.165) is 10.6 Å². The van der Waals surface area contributed by atoms with Gasteiger partial charge in [0.25, 0.3) is 11.8 Å². The predicted octanol–water partition coefficient (Wildman–Crippen LogP) is 3.38. The third-order valence-corrected chi connectivity index (χ3v) is 4.40. The zero-order chi connectivity index (χ0) is 18.0. The number of hydrogen-bond donors (Lipinski definition) is 0. The molecular weight excluding hydrogens is 340 g/mol. The molecule has 25 heavy (non-hydrogen) atoms. The largest absolute Gasteiger partial charge is 0.313 e. The van der Waals surface area contributed by atoms with Crippen LogP contribution in [0.5, 0.6) is 0 Å². The molecule has 3 rings (SSSR count). The molecule has 6 heteroatoms. The molecule has 0 saturated carbocycles. The molecule has 128 valence electrons. The minimum Gasteiger partial charge on any atom is -0.313 e. The lowest BCUT2D eigenvalue weighted by Crippen LogP contribution is -2.36. The number of amides is 3. The highest BCUT2D eigenvalue weighted by Crippen LogP contribution is 2.26. The summed E-state index contributed by atoms with van der Waals surface area (Å²) in [4.78, 5) is 40.1. The van der Waals surface area contributed by atoms with E-state index in [1.54, 1.807) is 17.0 Å². The summed E-state index contributed by atoms with van der Waals surface area (Å²) >= 11 is 5.90. The fraction of sp³-hybridized carbons (Fsp3) is 0.211. The van der Waals surface area contributed by atoms with E-state index in [4.69, 9.17) is 11.6 Å². The highest BCUT2D eigenvalue weighted by atomic mass is 35.5. The van der Waals surface area contributed by atoms with Gasteiger partial charge >= 0.3 is 0 Å². The molecular formula is C19H17ClN2O3. The Balaban J connectivity index is 1.71. The second-order valence-electron chi connectivity index (χ2n) is 5.68. The van der Waals surface area contributed by atoms with Gasteiger partial charge in [0.2, 0.25) is 5.91 Å². The van der Waals surface area contributed by atoms with Gasteiger partial charge in [-0.3, -0.25) is 19.3 Å². The van der Waals surface area contributed by atoms with E-state index < -0.39 is 5.91 Å². The van der Waals surface area contributed by atoms with Crippen molar-refractivity contribution in [1.29, 1.82) is 0 Å². The Morgan fingerprint density at radius 2 is 1.72 bits per heavy atom. The Kier molecular flexibility index (Phi) is 4.86. The monoisotopic (exact) mass is 356 g/mol. The lowest BCUT2D eigenvalue weighted by molar-refractivity contribution is -0.118. The third-order valence-electron chi connectivity index (χ3n) is 4.17. The van der Waals surface area contributed by atoms with Crippen LogP contribution in [-0.2, 0) is 4.79 Å². The first-order valence-corrected chi connectivity index (χ1v) is 8.42. The second kappa shape index (κ2) is 7.07. The Hall–Kier alpha value is -2.66. The molecule has 5 nitrogen and oxygen atoms in total. The molecule has 3 amide bonds. The van der Waals surface area contributed by atoms with Gasteiger partial charge in [-0.1, -0.05) is 29.8 Å². The van der Waals surface area contributed by atoms with Crippen LogP contribution in [0.1, 0.15) is 34.1 Å². The average molecular weight is 357 g/mol. The van der Waals surface area contributed by atoms with E-state index in [2.05, 4.69) is 0 Å². The van der Waals surface area contributed by atoms with Gasteiger partial charge in [-0.25, -0.2) is 0 Å². The van der Waals surface area contributed by atoms with Crippen molar-refractivity contribution in [2.75, 3.05) is 18.0 Å². The van der Waals surface area contributed by atoms with Gasteiger partial charge in [0, 0.05) is 30.2 Å². The van der Waals surface area contributed by atoms with Gasteiger partial charge in [-0.15, -0.1) is 0 Å². The summed E-state index contributed by atoms with van der Waals surface area (Å²) in [5.74, 6) is -0.923. The highest BCUT2D eigenvalue weighted by molar-refractivity contribution is 6.32. The minimum absolute atomic E-state index is 0.0478. The van der Waals surface area contributed by atoms with Crippen molar-refractivity contribution >= 4 is 35.0 Å². The fourth-order valence-electron chi connectivity index (χ4n) is 2.92. The zero-order valence-corrected chi connectivity index (χ0v) is 14.5. The highest BCUT2D eigenvalue weighted by Gasteiger charge is 2.35. The van der Waals surface area contributed by atoms with Crippen molar-refractivity contribution in [1.82, 2.24) is 4.90 Å². The van der Waals surface area contributed by atoms with Crippen molar-refractivity contribution in [2.45, 2.75) is 13.3 Å². The number of nitrogens with zero attached hydrogens (tertiary/aromatic N) is 2. The molecule has 1 heterocycles. The fourth-order valence-corrected chi connectivity index (χ4v) is 3.09. The number of anilines is 1. The maximum Gasteiger partial charge on any atom is 0.261 e. The number of rotatable bonds is 5. The van der Waals surface area contributed by atoms with E-state index in [0.29, 0.717) is 22.7 Å². The van der Waals surface area contributed by atoms with Gasteiger partial charge in [-0.2, -0.15) is 0 Å². The second-order valence-corrected chi connectivity index (χ2v) is 6.11. The molecule has 2 aromatic carbocycles. The number of carbonyl (C=O) groups excluding carboxylic acids is 3. The van der Waals surface area contributed by atoms with Crippen LogP contribution in [0.25, 0.3) is 0 Å². The summed E-state index contributed by atoms with van der Waals surface area (Å²) in [5, 5.41) is 0.402. The summed E-state index contributed by atoms with van der Waals surface area (Å²) < 4.78 is 0. The van der Waals surface area contributed by atoms with Gasteiger partial charge in [0.05, 0.1) is 11.1 Å². The van der Waals surface area contributed by atoms with Crippen molar-refractivity contribution in [3.8, 4) is 0 Å². The Morgan fingerprint density at radius 3 is 2.40 bits per heavy atom. The third kappa shape index (κ3) is 3.28. The summed E-state index contributed by atoms with van der Waals surface area (Å²) in [6.07, 6.45) is 0.0714. The van der Waals surface area contributed by atoms with Crippen LogP contribution in [0.4, 0.5) is 5.69 Å². The van der Waals surface area contributed by atoms with Crippen LogP contribution >= 0.6 is 11.6 Å². The van der Waals surface area contributed by atoms with Crippen LogP contribution in [0.15, 0.2) is 48.5 Å². The molecule has 0 fully saturated rings. The van der Waals surface area contributed by atoms with E-state index in [1.165, 1.54) is 6.07 Å². The van der Waals surface area contributed by atoms with E-state index >= 15 is 0 Å². The summed E-state index contributed by atoms with van der Waals surface area (Å²) in [5.41, 5.74) is 1.42. The van der Waals surface area contributed by atoms with Crippen LogP contribution in [0, 0.1) is 0 Å². The van der Waals surface area contributed by atoms with Crippen molar-refractivity contribution in [3.63, 3.8) is 0 Å². The van der Waals surface area contributed by atoms with Crippen LogP contribution in [0.3, 0.4) is 0 Å². The number of benzene rings is 2. The first-order valence-electron chi connectivity index (χ1n) is 8.04. The Bertz CT molecular complexity index is 836. The number of para-hydroxylation sites is 1. The SMILES string of the molecule is CCN(C(=O)CCN1C(=O)c2ccc(Cl)cc2C1=O)c1ccccc1. The Labute approximate surface area is 150 Å². The maximum absolute atomic E-state index is 12.5. The molecule has 0 bridgehead atoms.